The maximum Gasteiger partial charge on any atom is 0.267 e. The van der Waals surface area contributed by atoms with E-state index in [-0.39, 0.29) is 35.1 Å². The lowest BCUT2D eigenvalue weighted by atomic mass is 9.55. The van der Waals surface area contributed by atoms with Gasteiger partial charge in [-0.2, -0.15) is 5.10 Å². The third-order valence-electron chi connectivity index (χ3n) is 6.31. The fourth-order valence-corrected chi connectivity index (χ4v) is 3.81. The molecule has 2 atom stereocenters. The Morgan fingerprint density at radius 1 is 1.22 bits per heavy atom. The van der Waals surface area contributed by atoms with Gasteiger partial charge in [-0.1, -0.05) is 44.2 Å². The van der Waals surface area contributed by atoms with Crippen LogP contribution in [0.3, 0.4) is 0 Å². The zero-order valence-electron chi connectivity index (χ0n) is 16.6. The normalized spacial score (nSPS) is 23.5. The van der Waals surface area contributed by atoms with Crippen molar-refractivity contribution in [3.63, 3.8) is 0 Å². The summed E-state index contributed by atoms with van der Waals surface area (Å²) in [5.41, 5.74) is 0.862. The zero-order chi connectivity index (χ0) is 19.8. The highest BCUT2D eigenvalue weighted by Gasteiger charge is 2.59. The minimum absolute atomic E-state index is 0.0583. The van der Waals surface area contributed by atoms with E-state index in [4.69, 9.17) is 4.74 Å². The maximum atomic E-state index is 12.8. The van der Waals surface area contributed by atoms with E-state index < -0.39 is 0 Å². The molecule has 0 spiro atoms. The van der Waals surface area contributed by atoms with Crippen LogP contribution >= 0.6 is 0 Å². The number of aromatic nitrogens is 2. The van der Waals surface area contributed by atoms with Gasteiger partial charge < -0.3 is 9.64 Å². The lowest BCUT2D eigenvalue weighted by Gasteiger charge is -2.61. The molecule has 1 heterocycles. The molecule has 0 radical (unpaired) electrons. The van der Waals surface area contributed by atoms with Crippen molar-refractivity contribution in [1.82, 2.24) is 14.7 Å². The van der Waals surface area contributed by atoms with E-state index in [1.165, 1.54) is 10.7 Å². The van der Waals surface area contributed by atoms with Crippen LogP contribution in [0.5, 0.6) is 0 Å². The second kappa shape index (κ2) is 6.93. The minimum atomic E-state index is -0.286. The lowest BCUT2D eigenvalue weighted by molar-refractivity contribution is -0.207. The summed E-state index contributed by atoms with van der Waals surface area (Å²) in [7, 11) is 3.49. The van der Waals surface area contributed by atoms with E-state index in [0.717, 1.165) is 12.0 Å². The molecule has 0 saturated heterocycles. The van der Waals surface area contributed by atoms with Crippen molar-refractivity contribution >= 4 is 5.91 Å². The van der Waals surface area contributed by atoms with Gasteiger partial charge in [0.1, 0.15) is 6.54 Å². The molecule has 0 aliphatic heterocycles. The van der Waals surface area contributed by atoms with E-state index in [1.807, 2.05) is 30.3 Å². The van der Waals surface area contributed by atoms with Crippen LogP contribution in [0.2, 0.25) is 0 Å². The number of methoxy groups -OCH3 is 1. The summed E-state index contributed by atoms with van der Waals surface area (Å²) in [5.74, 6) is -0.133. The van der Waals surface area contributed by atoms with Gasteiger partial charge in [0.25, 0.3) is 5.56 Å². The van der Waals surface area contributed by atoms with Gasteiger partial charge in [-0.05, 0) is 19.4 Å². The molecule has 0 bridgehead atoms. The number of ether oxygens (including phenoxy) is 1. The van der Waals surface area contributed by atoms with Crippen molar-refractivity contribution in [2.24, 2.45) is 5.41 Å². The molecule has 144 valence electrons. The van der Waals surface area contributed by atoms with Crippen LogP contribution in [0.1, 0.15) is 27.2 Å². The third kappa shape index (κ3) is 3.30. The Morgan fingerprint density at radius 3 is 2.48 bits per heavy atom. The van der Waals surface area contributed by atoms with E-state index in [0.29, 0.717) is 5.69 Å². The first-order valence-electron chi connectivity index (χ1n) is 9.14. The summed E-state index contributed by atoms with van der Waals surface area (Å²) in [6.45, 7) is 6.20. The highest BCUT2D eigenvalue weighted by Crippen LogP contribution is 2.53. The van der Waals surface area contributed by atoms with Gasteiger partial charge >= 0.3 is 0 Å². The molecule has 1 saturated carbocycles. The molecule has 0 N–H and O–H groups in total. The molecular formula is C21H27N3O3. The molecule has 1 fully saturated rings. The quantitative estimate of drug-likeness (QED) is 0.813. The largest absolute Gasteiger partial charge is 0.378 e. The summed E-state index contributed by atoms with van der Waals surface area (Å²) in [4.78, 5) is 26.7. The third-order valence-corrected chi connectivity index (χ3v) is 6.31. The fourth-order valence-electron chi connectivity index (χ4n) is 3.81. The Morgan fingerprint density at radius 2 is 1.89 bits per heavy atom. The Hall–Kier alpha value is -2.47. The summed E-state index contributed by atoms with van der Waals surface area (Å²) in [5, 5.41) is 4.38. The first-order valence-corrected chi connectivity index (χ1v) is 9.14. The highest BCUT2D eigenvalue weighted by atomic mass is 16.5. The maximum absolute atomic E-state index is 12.8. The number of likely N-dealkylation sites (N-methyl/N-ethyl adjacent to an activating group) is 1. The number of carbonyl (C=O) groups is 1. The molecule has 6 nitrogen and oxygen atoms in total. The molecule has 27 heavy (non-hydrogen) atoms. The summed E-state index contributed by atoms with van der Waals surface area (Å²) >= 11 is 0. The van der Waals surface area contributed by atoms with Crippen LogP contribution in [0, 0.1) is 5.41 Å². The zero-order valence-corrected chi connectivity index (χ0v) is 16.6. The summed E-state index contributed by atoms with van der Waals surface area (Å²) in [6.07, 6.45) is 0.769. The van der Waals surface area contributed by atoms with Crippen LogP contribution in [0.15, 0.2) is 47.3 Å². The van der Waals surface area contributed by atoms with Crippen LogP contribution in [-0.2, 0) is 16.1 Å². The van der Waals surface area contributed by atoms with Crippen molar-refractivity contribution < 1.29 is 9.53 Å². The van der Waals surface area contributed by atoms with Crippen LogP contribution in [0.4, 0.5) is 0 Å². The fraction of sp³-hybridized carbons (Fsp3) is 0.476. The summed E-state index contributed by atoms with van der Waals surface area (Å²) < 4.78 is 6.88. The smallest absolute Gasteiger partial charge is 0.267 e. The Balaban J connectivity index is 1.78. The van der Waals surface area contributed by atoms with Gasteiger partial charge in [-0.25, -0.2) is 4.68 Å². The average molecular weight is 369 g/mol. The van der Waals surface area contributed by atoms with E-state index in [1.54, 1.807) is 25.1 Å². The monoisotopic (exact) mass is 369 g/mol. The SMILES string of the molecule is CO[C@]1(C)C[C@H](N(C)C(=O)Cn2nc(-c3ccccc3)ccc2=O)C1(C)C. The average Bonchev–Trinajstić information content (AvgIpc) is 2.67. The van der Waals surface area contributed by atoms with E-state index in [2.05, 4.69) is 25.9 Å². The molecule has 1 aromatic carbocycles. The summed E-state index contributed by atoms with van der Waals surface area (Å²) in [6, 6.07) is 12.8. The Bertz CT molecular complexity index is 891. The number of benzene rings is 1. The molecule has 3 rings (SSSR count). The van der Waals surface area contributed by atoms with Gasteiger partial charge in [0.05, 0.1) is 11.3 Å². The van der Waals surface area contributed by atoms with Crippen molar-refractivity contribution in [2.45, 2.75) is 45.4 Å². The lowest BCUT2D eigenvalue weighted by Crippen LogP contribution is -2.69. The molecule has 1 aromatic heterocycles. The Labute approximate surface area is 159 Å². The molecule has 1 aliphatic carbocycles. The van der Waals surface area contributed by atoms with Gasteiger partial charge in [0.15, 0.2) is 0 Å². The van der Waals surface area contributed by atoms with Crippen LogP contribution in [0.25, 0.3) is 11.3 Å². The van der Waals surface area contributed by atoms with Crippen molar-refractivity contribution in [3.05, 3.63) is 52.8 Å². The number of nitrogens with zero attached hydrogens (tertiary/aromatic N) is 3. The number of rotatable bonds is 5. The molecular weight excluding hydrogens is 342 g/mol. The molecule has 1 amide bonds. The van der Waals surface area contributed by atoms with E-state index >= 15 is 0 Å². The second-order valence-electron chi connectivity index (χ2n) is 7.96. The Kier molecular flexibility index (Phi) is 4.95. The van der Waals surface area contributed by atoms with E-state index in [9.17, 15) is 9.59 Å². The predicted octanol–water partition coefficient (Wildman–Crippen LogP) is 2.57. The van der Waals surface area contributed by atoms with Gasteiger partial charge in [-0.3, -0.25) is 9.59 Å². The highest BCUT2D eigenvalue weighted by molar-refractivity contribution is 5.76. The van der Waals surface area contributed by atoms with Gasteiger partial charge in [-0.15, -0.1) is 0 Å². The van der Waals surface area contributed by atoms with Crippen LogP contribution in [-0.4, -0.2) is 46.4 Å². The van der Waals surface area contributed by atoms with Crippen molar-refractivity contribution in [3.8, 4) is 11.3 Å². The van der Waals surface area contributed by atoms with Crippen molar-refractivity contribution in [2.75, 3.05) is 14.2 Å². The number of carbonyl (C=O) groups excluding carboxylic acids is 1. The topological polar surface area (TPSA) is 64.4 Å². The molecule has 1 aliphatic rings. The first kappa shape index (κ1) is 19.3. The molecule has 0 unspecified atom stereocenters. The van der Waals surface area contributed by atoms with Crippen LogP contribution < -0.4 is 5.56 Å². The van der Waals surface area contributed by atoms with Crippen molar-refractivity contribution in [1.29, 1.82) is 0 Å². The number of amides is 1. The predicted molar refractivity (Wildman–Crippen MR) is 104 cm³/mol. The van der Waals surface area contributed by atoms with Gasteiger partial charge in [0, 0.05) is 37.2 Å². The standard InChI is InChI=1S/C21H27N3O3/c1-20(2)17(13-21(20,3)27-5)23(4)19(26)14-24-18(25)12-11-16(22-24)15-9-7-6-8-10-15/h6-12,17H,13-14H2,1-5H3/t17-,21+/m0/s1. The second-order valence-corrected chi connectivity index (χ2v) is 7.96. The first-order chi connectivity index (χ1) is 12.7. The molecule has 6 heteroatoms. The number of hydrogen-bond donors (Lipinski definition) is 0. The molecule has 2 aromatic rings. The minimum Gasteiger partial charge on any atom is -0.378 e. The van der Waals surface area contributed by atoms with Gasteiger partial charge in [0.2, 0.25) is 5.91 Å². The number of hydrogen-bond acceptors (Lipinski definition) is 4.